The highest BCUT2D eigenvalue weighted by Gasteiger charge is 2.38. The van der Waals surface area contributed by atoms with Gasteiger partial charge >= 0.3 is 0 Å². The minimum absolute atomic E-state index is 0.292. The van der Waals surface area contributed by atoms with E-state index in [1.54, 1.807) is 19.1 Å². The van der Waals surface area contributed by atoms with Crippen molar-refractivity contribution in [2.75, 3.05) is 0 Å². The van der Waals surface area contributed by atoms with Crippen molar-refractivity contribution in [1.82, 2.24) is 5.48 Å². The number of carbonyl (C=O) groups is 2. The van der Waals surface area contributed by atoms with Crippen molar-refractivity contribution in [3.05, 3.63) is 33.8 Å². The predicted molar refractivity (Wildman–Crippen MR) is 62.9 cm³/mol. The van der Waals surface area contributed by atoms with Crippen molar-refractivity contribution in [1.29, 1.82) is 0 Å². The molecule has 1 aliphatic rings. The molecule has 4 nitrogen and oxygen atoms in total. The Labute approximate surface area is 108 Å². The van der Waals surface area contributed by atoms with Gasteiger partial charge in [-0.15, -0.1) is 0 Å². The van der Waals surface area contributed by atoms with Gasteiger partial charge in [-0.25, -0.2) is 5.48 Å². The summed E-state index contributed by atoms with van der Waals surface area (Å²) in [5, 5.41) is 0.742. The molecular formula is C11H9Cl2NO3. The molecule has 2 unspecified atom stereocenters. The van der Waals surface area contributed by atoms with Crippen LogP contribution in [0.15, 0.2) is 18.2 Å². The summed E-state index contributed by atoms with van der Waals surface area (Å²) in [6.07, 6.45) is -0.690. The summed E-state index contributed by atoms with van der Waals surface area (Å²) in [5.74, 6) is -1.78. The number of hydrogen-bond donors (Lipinski definition) is 1. The number of hydrogen-bond acceptors (Lipinski definition) is 3. The van der Waals surface area contributed by atoms with E-state index in [4.69, 9.17) is 28.0 Å². The molecule has 90 valence electrons. The van der Waals surface area contributed by atoms with E-state index in [1.165, 1.54) is 6.07 Å². The first-order valence-corrected chi connectivity index (χ1v) is 5.70. The zero-order valence-corrected chi connectivity index (χ0v) is 10.4. The molecule has 1 N–H and O–H groups in total. The summed E-state index contributed by atoms with van der Waals surface area (Å²) >= 11 is 11.7. The lowest BCUT2D eigenvalue weighted by Gasteiger charge is -2.25. The summed E-state index contributed by atoms with van der Waals surface area (Å²) in [6.45, 7) is 1.57. The van der Waals surface area contributed by atoms with Crippen LogP contribution in [0, 0.1) is 0 Å². The van der Waals surface area contributed by atoms with Crippen LogP contribution >= 0.6 is 23.2 Å². The fourth-order valence-electron chi connectivity index (χ4n) is 1.66. The van der Waals surface area contributed by atoms with Crippen LogP contribution < -0.4 is 5.48 Å². The number of benzene rings is 1. The summed E-state index contributed by atoms with van der Waals surface area (Å²) in [7, 11) is 0. The first-order chi connectivity index (χ1) is 8.00. The third-order valence-electron chi connectivity index (χ3n) is 2.56. The van der Waals surface area contributed by atoms with Crippen LogP contribution in [0.1, 0.15) is 18.4 Å². The number of hydroxylamine groups is 1. The normalized spacial score (nSPS) is 24.6. The van der Waals surface area contributed by atoms with Gasteiger partial charge in [0.25, 0.3) is 5.91 Å². The Kier molecular flexibility index (Phi) is 3.38. The van der Waals surface area contributed by atoms with Gasteiger partial charge in [0, 0.05) is 10.0 Å². The first-order valence-electron chi connectivity index (χ1n) is 4.95. The lowest BCUT2D eigenvalue weighted by atomic mass is 9.90. The van der Waals surface area contributed by atoms with E-state index in [-0.39, 0.29) is 5.78 Å². The van der Waals surface area contributed by atoms with Crippen molar-refractivity contribution >= 4 is 34.9 Å². The summed E-state index contributed by atoms with van der Waals surface area (Å²) in [5.41, 5.74) is 2.64. The first kappa shape index (κ1) is 12.4. The minimum Gasteiger partial charge on any atom is -0.295 e. The molecule has 1 aromatic rings. The molecule has 0 aromatic heterocycles. The Balaban J connectivity index is 2.43. The number of carbonyl (C=O) groups excluding carboxylic acids is 2. The van der Waals surface area contributed by atoms with E-state index in [0.717, 1.165) is 0 Å². The second-order valence-electron chi connectivity index (χ2n) is 3.73. The largest absolute Gasteiger partial charge is 0.295 e. The van der Waals surface area contributed by atoms with E-state index < -0.39 is 17.9 Å². The van der Waals surface area contributed by atoms with Gasteiger partial charge < -0.3 is 0 Å². The van der Waals surface area contributed by atoms with Crippen LogP contribution in [0.2, 0.25) is 10.0 Å². The Morgan fingerprint density at radius 1 is 1.29 bits per heavy atom. The number of rotatable bonds is 1. The maximum atomic E-state index is 11.9. The van der Waals surface area contributed by atoms with Gasteiger partial charge in [-0.05, 0) is 24.6 Å². The van der Waals surface area contributed by atoms with Crippen molar-refractivity contribution in [2.24, 2.45) is 0 Å². The molecule has 0 bridgehead atoms. The van der Waals surface area contributed by atoms with Crippen molar-refractivity contribution in [3.8, 4) is 0 Å². The monoisotopic (exact) mass is 273 g/mol. The average molecular weight is 274 g/mol. The molecule has 1 aliphatic heterocycles. The third kappa shape index (κ3) is 2.29. The SMILES string of the molecule is CC1ONC(=O)C(c2ccc(Cl)cc2Cl)C1=O. The lowest BCUT2D eigenvalue weighted by molar-refractivity contribution is -0.159. The third-order valence-corrected chi connectivity index (χ3v) is 3.12. The molecule has 6 heteroatoms. The zero-order chi connectivity index (χ0) is 12.6. The smallest absolute Gasteiger partial charge is 0.258 e. The number of amides is 1. The lowest BCUT2D eigenvalue weighted by Crippen LogP contribution is -2.47. The van der Waals surface area contributed by atoms with E-state index in [9.17, 15) is 9.59 Å². The molecule has 1 amide bonds. The van der Waals surface area contributed by atoms with Gasteiger partial charge in [-0.1, -0.05) is 29.3 Å². The van der Waals surface area contributed by atoms with Gasteiger partial charge in [0.2, 0.25) is 0 Å². The van der Waals surface area contributed by atoms with Gasteiger partial charge in [-0.3, -0.25) is 14.4 Å². The highest BCUT2D eigenvalue weighted by Crippen LogP contribution is 2.30. The number of Topliss-reactive ketones (excluding diaryl/α,β-unsaturated/α-hetero) is 1. The van der Waals surface area contributed by atoms with Crippen molar-refractivity contribution in [3.63, 3.8) is 0 Å². The average Bonchev–Trinajstić information content (AvgIpc) is 2.27. The minimum atomic E-state index is -0.941. The quantitative estimate of drug-likeness (QED) is 0.798. The molecule has 1 heterocycles. The zero-order valence-electron chi connectivity index (χ0n) is 8.87. The van der Waals surface area contributed by atoms with Crippen LogP contribution in [0.4, 0.5) is 0 Å². The van der Waals surface area contributed by atoms with Crippen molar-refractivity contribution < 1.29 is 14.4 Å². The Morgan fingerprint density at radius 2 is 2.00 bits per heavy atom. The number of ketones is 1. The predicted octanol–water partition coefficient (Wildman–Crippen LogP) is 2.10. The summed E-state index contributed by atoms with van der Waals surface area (Å²) in [4.78, 5) is 28.3. The standard InChI is InChI=1S/C11H9Cl2NO3/c1-5-10(15)9(11(16)14-17-5)7-3-2-6(12)4-8(7)13/h2-5,9H,1H3,(H,14,16). The molecule has 0 spiro atoms. The van der Waals surface area contributed by atoms with Crippen LogP contribution in [0.3, 0.4) is 0 Å². The second kappa shape index (κ2) is 4.64. The van der Waals surface area contributed by atoms with E-state index in [1.807, 2.05) is 0 Å². The van der Waals surface area contributed by atoms with Crippen LogP contribution in [-0.2, 0) is 14.4 Å². The highest BCUT2D eigenvalue weighted by molar-refractivity contribution is 6.35. The van der Waals surface area contributed by atoms with Crippen LogP contribution in [0.5, 0.6) is 0 Å². The van der Waals surface area contributed by atoms with E-state index in [0.29, 0.717) is 15.6 Å². The molecule has 2 atom stereocenters. The fraction of sp³-hybridized carbons (Fsp3) is 0.273. The molecule has 0 radical (unpaired) electrons. The Bertz CT molecular complexity index is 490. The molecule has 1 saturated heterocycles. The molecule has 2 rings (SSSR count). The van der Waals surface area contributed by atoms with Crippen LogP contribution in [-0.4, -0.2) is 17.8 Å². The summed E-state index contributed by atoms with van der Waals surface area (Å²) in [6, 6.07) is 4.66. The van der Waals surface area contributed by atoms with Crippen molar-refractivity contribution in [2.45, 2.75) is 18.9 Å². The summed E-state index contributed by atoms with van der Waals surface area (Å²) < 4.78 is 0. The van der Waals surface area contributed by atoms with Gasteiger partial charge in [-0.2, -0.15) is 0 Å². The van der Waals surface area contributed by atoms with E-state index >= 15 is 0 Å². The molecule has 0 aliphatic carbocycles. The van der Waals surface area contributed by atoms with Gasteiger partial charge in [0.05, 0.1) is 0 Å². The topological polar surface area (TPSA) is 55.4 Å². The molecule has 1 aromatic carbocycles. The number of halogens is 2. The van der Waals surface area contributed by atoms with Gasteiger partial charge in [0.15, 0.2) is 5.78 Å². The van der Waals surface area contributed by atoms with Gasteiger partial charge in [0.1, 0.15) is 12.0 Å². The van der Waals surface area contributed by atoms with Crippen LogP contribution in [0.25, 0.3) is 0 Å². The maximum absolute atomic E-state index is 11.9. The highest BCUT2D eigenvalue weighted by atomic mass is 35.5. The molecular weight excluding hydrogens is 265 g/mol. The Hall–Kier alpha value is -1.10. The second-order valence-corrected chi connectivity index (χ2v) is 4.57. The van der Waals surface area contributed by atoms with E-state index in [2.05, 4.69) is 5.48 Å². The molecule has 17 heavy (non-hydrogen) atoms. The molecule has 0 saturated carbocycles. The fourth-order valence-corrected chi connectivity index (χ4v) is 2.18. The molecule has 1 fully saturated rings. The Morgan fingerprint density at radius 3 is 2.65 bits per heavy atom. The number of nitrogens with one attached hydrogen (secondary N) is 1. The maximum Gasteiger partial charge on any atom is 0.258 e.